The van der Waals surface area contributed by atoms with Crippen molar-refractivity contribution in [2.45, 2.75) is 31.3 Å². The molecule has 3 atom stereocenters. The summed E-state index contributed by atoms with van der Waals surface area (Å²) in [5.41, 5.74) is 0.978. The number of allylic oxidation sites excluding steroid dienone is 2. The van der Waals surface area contributed by atoms with Crippen LogP contribution >= 0.6 is 11.3 Å². The van der Waals surface area contributed by atoms with Crippen LogP contribution in [0.25, 0.3) is 10.2 Å². The molecule has 1 aromatic heterocycles. The summed E-state index contributed by atoms with van der Waals surface area (Å²) in [5.74, 6) is -0.899. The van der Waals surface area contributed by atoms with Crippen LogP contribution in [0.3, 0.4) is 0 Å². The van der Waals surface area contributed by atoms with E-state index >= 15 is 0 Å². The first-order chi connectivity index (χ1) is 13.1. The molecule has 0 spiro atoms. The van der Waals surface area contributed by atoms with Gasteiger partial charge in [-0.05, 0) is 25.0 Å². The molecule has 1 aliphatic carbocycles. The monoisotopic (exact) mass is 386 g/mol. The number of carboxylic acid groups (broad SMARTS) is 1. The number of fused-ring (bicyclic) bond motifs is 1. The van der Waals surface area contributed by atoms with Crippen LogP contribution in [-0.2, 0) is 14.3 Å². The molecule has 4 rings (SSSR count). The van der Waals surface area contributed by atoms with Crippen molar-refractivity contribution in [3.05, 3.63) is 41.4 Å². The number of aliphatic carboxylic acids is 1. The van der Waals surface area contributed by atoms with Crippen LogP contribution in [0, 0.1) is 5.92 Å². The summed E-state index contributed by atoms with van der Waals surface area (Å²) in [6.07, 6.45) is 5.20. The third-order valence-electron chi connectivity index (χ3n) is 5.23. The van der Waals surface area contributed by atoms with Crippen molar-refractivity contribution < 1.29 is 19.4 Å². The summed E-state index contributed by atoms with van der Waals surface area (Å²) in [5, 5.41) is 10.0. The number of morpholine rings is 1. The Morgan fingerprint density at radius 3 is 2.89 bits per heavy atom. The van der Waals surface area contributed by atoms with E-state index in [1.807, 2.05) is 18.2 Å². The first kappa shape index (κ1) is 18.1. The predicted molar refractivity (Wildman–Crippen MR) is 103 cm³/mol. The van der Waals surface area contributed by atoms with Crippen molar-refractivity contribution >= 4 is 33.4 Å². The molecule has 2 heterocycles. The number of nitrogens with zero attached hydrogens (tertiary/aromatic N) is 2. The fraction of sp³-hybridized carbons (Fsp3) is 0.450. The maximum absolute atomic E-state index is 13.2. The lowest BCUT2D eigenvalue weighted by atomic mass is 9.82. The Morgan fingerprint density at radius 1 is 1.26 bits per heavy atom. The SMILES string of the molecule is O=C(O)C[C@@H]1CN(C(=O)[C@H]2CC=CC[C@H]2c2nc3ccccc3s2)CCO1. The van der Waals surface area contributed by atoms with Crippen LogP contribution in [0.4, 0.5) is 0 Å². The van der Waals surface area contributed by atoms with Crippen LogP contribution in [0.2, 0.25) is 0 Å². The van der Waals surface area contributed by atoms with Gasteiger partial charge in [0.25, 0.3) is 0 Å². The highest BCUT2D eigenvalue weighted by molar-refractivity contribution is 7.18. The quantitative estimate of drug-likeness (QED) is 0.817. The lowest BCUT2D eigenvalue weighted by Crippen LogP contribution is -2.49. The smallest absolute Gasteiger partial charge is 0.306 e. The molecule has 0 unspecified atom stereocenters. The Morgan fingerprint density at radius 2 is 2.07 bits per heavy atom. The average molecular weight is 386 g/mol. The molecule has 1 saturated heterocycles. The number of benzene rings is 1. The maximum atomic E-state index is 13.2. The van der Waals surface area contributed by atoms with E-state index in [2.05, 4.69) is 18.2 Å². The standard InChI is InChI=1S/C20H22N2O4S/c23-18(24)11-13-12-22(9-10-26-13)20(25)15-6-2-1-5-14(15)19-21-16-7-3-4-8-17(16)27-19/h1-4,7-8,13-15H,5-6,9-12H2,(H,23,24)/t13-,14-,15+/m1/s1. The zero-order valence-corrected chi connectivity index (χ0v) is 15.7. The Hall–Kier alpha value is -2.25. The molecule has 6 nitrogen and oxygen atoms in total. The fourth-order valence-electron chi connectivity index (χ4n) is 3.88. The van der Waals surface area contributed by atoms with Gasteiger partial charge in [-0.15, -0.1) is 11.3 Å². The van der Waals surface area contributed by atoms with Crippen molar-refractivity contribution in [3.63, 3.8) is 0 Å². The number of hydrogen-bond donors (Lipinski definition) is 1. The number of thiazole rings is 1. The first-order valence-corrected chi connectivity index (χ1v) is 10.1. The van der Waals surface area contributed by atoms with E-state index in [9.17, 15) is 9.59 Å². The zero-order chi connectivity index (χ0) is 18.8. The van der Waals surface area contributed by atoms with Crippen molar-refractivity contribution in [2.75, 3.05) is 19.7 Å². The minimum Gasteiger partial charge on any atom is -0.481 e. The molecular weight excluding hydrogens is 364 g/mol. The molecule has 27 heavy (non-hydrogen) atoms. The molecule has 2 aromatic rings. The number of para-hydroxylation sites is 1. The van der Waals surface area contributed by atoms with E-state index in [0.717, 1.165) is 21.6 Å². The molecular formula is C20H22N2O4S. The van der Waals surface area contributed by atoms with Crippen LogP contribution in [0.15, 0.2) is 36.4 Å². The third-order valence-corrected chi connectivity index (χ3v) is 6.40. The van der Waals surface area contributed by atoms with Crippen molar-refractivity contribution in [3.8, 4) is 0 Å². The molecule has 1 aliphatic heterocycles. The van der Waals surface area contributed by atoms with E-state index in [1.165, 1.54) is 0 Å². The average Bonchev–Trinajstić information content (AvgIpc) is 3.11. The van der Waals surface area contributed by atoms with Gasteiger partial charge in [-0.25, -0.2) is 4.98 Å². The molecule has 0 bridgehead atoms. The Labute approximate surface area is 161 Å². The van der Waals surface area contributed by atoms with Crippen molar-refractivity contribution in [1.29, 1.82) is 0 Å². The Kier molecular flexibility index (Phi) is 5.22. The summed E-state index contributed by atoms with van der Waals surface area (Å²) in [7, 11) is 0. The maximum Gasteiger partial charge on any atom is 0.306 e. The topological polar surface area (TPSA) is 79.7 Å². The van der Waals surface area contributed by atoms with Crippen LogP contribution in [-0.4, -0.2) is 52.7 Å². The number of rotatable bonds is 4. The van der Waals surface area contributed by atoms with Gasteiger partial charge in [-0.3, -0.25) is 9.59 Å². The van der Waals surface area contributed by atoms with Gasteiger partial charge in [0.15, 0.2) is 0 Å². The highest BCUT2D eigenvalue weighted by atomic mass is 32.1. The lowest BCUT2D eigenvalue weighted by Gasteiger charge is -2.36. The second kappa shape index (κ2) is 7.78. The molecule has 7 heteroatoms. The number of ether oxygens (including phenoxy) is 1. The van der Waals surface area contributed by atoms with Gasteiger partial charge in [-0.2, -0.15) is 0 Å². The molecule has 1 amide bonds. The van der Waals surface area contributed by atoms with Gasteiger partial charge < -0.3 is 14.7 Å². The molecule has 2 aliphatic rings. The normalized spacial score (nSPS) is 25.6. The largest absolute Gasteiger partial charge is 0.481 e. The molecule has 1 N–H and O–H groups in total. The number of hydrogen-bond acceptors (Lipinski definition) is 5. The highest BCUT2D eigenvalue weighted by Gasteiger charge is 2.36. The van der Waals surface area contributed by atoms with Gasteiger partial charge in [0, 0.05) is 19.0 Å². The van der Waals surface area contributed by atoms with E-state index in [4.69, 9.17) is 14.8 Å². The Balaban J connectivity index is 1.54. The van der Waals surface area contributed by atoms with E-state index < -0.39 is 12.1 Å². The molecule has 0 radical (unpaired) electrons. The molecule has 1 aromatic carbocycles. The fourth-order valence-corrected chi connectivity index (χ4v) is 5.03. The van der Waals surface area contributed by atoms with E-state index in [-0.39, 0.29) is 24.2 Å². The van der Waals surface area contributed by atoms with Crippen molar-refractivity contribution in [1.82, 2.24) is 9.88 Å². The summed E-state index contributed by atoms with van der Waals surface area (Å²) in [4.78, 5) is 30.8. The number of carbonyl (C=O) groups excluding carboxylic acids is 1. The summed E-state index contributed by atoms with van der Waals surface area (Å²) in [6, 6.07) is 8.04. The predicted octanol–water partition coefficient (Wildman–Crippen LogP) is 3.05. The molecule has 1 fully saturated rings. The van der Waals surface area contributed by atoms with E-state index in [1.54, 1.807) is 16.2 Å². The number of carboxylic acids is 1. The van der Waals surface area contributed by atoms with Gasteiger partial charge in [-0.1, -0.05) is 24.3 Å². The molecule has 142 valence electrons. The van der Waals surface area contributed by atoms with Crippen LogP contribution < -0.4 is 0 Å². The summed E-state index contributed by atoms with van der Waals surface area (Å²) >= 11 is 1.66. The molecule has 0 saturated carbocycles. The minimum atomic E-state index is -0.901. The Bertz CT molecular complexity index is 845. The van der Waals surface area contributed by atoms with Crippen LogP contribution in [0.1, 0.15) is 30.2 Å². The van der Waals surface area contributed by atoms with Gasteiger partial charge >= 0.3 is 5.97 Å². The lowest BCUT2D eigenvalue weighted by molar-refractivity contribution is -0.150. The third kappa shape index (κ3) is 3.89. The minimum absolute atomic E-state index is 0.0701. The van der Waals surface area contributed by atoms with Gasteiger partial charge in [0.2, 0.25) is 5.91 Å². The number of carbonyl (C=O) groups is 2. The summed E-state index contributed by atoms with van der Waals surface area (Å²) in [6.45, 7) is 1.25. The zero-order valence-electron chi connectivity index (χ0n) is 14.9. The van der Waals surface area contributed by atoms with Crippen LogP contribution in [0.5, 0.6) is 0 Å². The van der Waals surface area contributed by atoms with E-state index in [0.29, 0.717) is 26.1 Å². The first-order valence-electron chi connectivity index (χ1n) is 9.24. The number of amides is 1. The highest BCUT2D eigenvalue weighted by Crippen LogP contribution is 2.39. The van der Waals surface area contributed by atoms with Gasteiger partial charge in [0.05, 0.1) is 40.3 Å². The second-order valence-corrected chi connectivity index (χ2v) is 8.11. The van der Waals surface area contributed by atoms with Crippen molar-refractivity contribution in [2.24, 2.45) is 5.92 Å². The number of aromatic nitrogens is 1. The van der Waals surface area contributed by atoms with Gasteiger partial charge in [0.1, 0.15) is 0 Å². The second-order valence-electron chi connectivity index (χ2n) is 7.05. The summed E-state index contributed by atoms with van der Waals surface area (Å²) < 4.78 is 6.65.